The van der Waals surface area contributed by atoms with Crippen molar-refractivity contribution in [2.24, 2.45) is 0 Å². The van der Waals surface area contributed by atoms with Crippen molar-refractivity contribution in [3.63, 3.8) is 0 Å². The molecule has 1 N–H and O–H groups in total. The summed E-state index contributed by atoms with van der Waals surface area (Å²) < 4.78 is 0. The van der Waals surface area contributed by atoms with Crippen molar-refractivity contribution in [3.05, 3.63) is 29.3 Å². The Morgan fingerprint density at radius 1 is 1.31 bits per heavy atom. The molecule has 72 valence electrons. The fraction of sp³-hybridized carbons (Fsp3) is 0.455. The summed E-state index contributed by atoms with van der Waals surface area (Å²) in [5.41, 5.74) is 1.98. The van der Waals surface area contributed by atoms with Crippen LogP contribution >= 0.6 is 11.6 Å². The van der Waals surface area contributed by atoms with Crippen molar-refractivity contribution in [1.29, 1.82) is 0 Å². The molecule has 0 saturated heterocycles. The minimum Gasteiger partial charge on any atom is -0.508 e. The van der Waals surface area contributed by atoms with Crippen LogP contribution in [0, 0.1) is 0 Å². The third-order valence-electron chi connectivity index (χ3n) is 2.10. The summed E-state index contributed by atoms with van der Waals surface area (Å²) in [5.74, 6) is 0.651. The lowest BCUT2D eigenvalue weighted by Crippen LogP contribution is -2.10. The summed E-state index contributed by atoms with van der Waals surface area (Å²) in [4.78, 5) is 0. The number of phenols is 1. The van der Waals surface area contributed by atoms with E-state index in [1.165, 1.54) is 0 Å². The standard InChI is InChI=1S/C11H15ClO/c1-11(2,3)9-5-4-8(7-12)10(13)6-9/h4-6,13H,7H2,1-3H3. The van der Waals surface area contributed by atoms with E-state index in [4.69, 9.17) is 11.6 Å². The molecule has 0 aromatic heterocycles. The summed E-state index contributed by atoms with van der Waals surface area (Å²) in [6.45, 7) is 6.34. The van der Waals surface area contributed by atoms with Gasteiger partial charge in [-0.3, -0.25) is 0 Å². The first kappa shape index (κ1) is 10.4. The molecule has 0 bridgehead atoms. The first-order valence-corrected chi connectivity index (χ1v) is 4.87. The Morgan fingerprint density at radius 2 is 1.92 bits per heavy atom. The topological polar surface area (TPSA) is 20.2 Å². The molecule has 0 aliphatic rings. The largest absolute Gasteiger partial charge is 0.508 e. The molecule has 1 rings (SSSR count). The smallest absolute Gasteiger partial charge is 0.120 e. The number of halogens is 1. The van der Waals surface area contributed by atoms with E-state index in [1.54, 1.807) is 6.07 Å². The zero-order chi connectivity index (χ0) is 10.1. The number of rotatable bonds is 1. The van der Waals surface area contributed by atoms with Gasteiger partial charge in [0, 0.05) is 5.56 Å². The first-order valence-electron chi connectivity index (χ1n) is 4.33. The van der Waals surface area contributed by atoms with Crippen LogP contribution in [0.4, 0.5) is 0 Å². The average Bonchev–Trinajstić information content (AvgIpc) is 2.02. The molecular formula is C11H15ClO. The second kappa shape index (κ2) is 3.59. The SMILES string of the molecule is CC(C)(C)c1ccc(CCl)c(O)c1. The number of hydrogen-bond donors (Lipinski definition) is 1. The van der Waals surface area contributed by atoms with E-state index in [0.29, 0.717) is 11.6 Å². The van der Waals surface area contributed by atoms with Crippen molar-refractivity contribution in [3.8, 4) is 5.75 Å². The van der Waals surface area contributed by atoms with E-state index in [2.05, 4.69) is 20.8 Å². The van der Waals surface area contributed by atoms with Gasteiger partial charge < -0.3 is 5.11 Å². The van der Waals surface area contributed by atoms with Crippen LogP contribution in [0.3, 0.4) is 0 Å². The Morgan fingerprint density at radius 3 is 2.31 bits per heavy atom. The van der Waals surface area contributed by atoms with E-state index in [1.807, 2.05) is 12.1 Å². The summed E-state index contributed by atoms with van der Waals surface area (Å²) >= 11 is 5.64. The molecule has 1 aromatic rings. The highest BCUT2D eigenvalue weighted by molar-refractivity contribution is 6.17. The zero-order valence-corrected chi connectivity index (χ0v) is 9.02. The van der Waals surface area contributed by atoms with Gasteiger partial charge in [0.15, 0.2) is 0 Å². The highest BCUT2D eigenvalue weighted by Gasteiger charge is 2.14. The fourth-order valence-electron chi connectivity index (χ4n) is 1.14. The lowest BCUT2D eigenvalue weighted by molar-refractivity contribution is 0.466. The first-order chi connectivity index (χ1) is 5.95. The predicted molar refractivity (Wildman–Crippen MR) is 56.4 cm³/mol. The van der Waals surface area contributed by atoms with Crippen LogP contribution in [0.2, 0.25) is 0 Å². The maximum absolute atomic E-state index is 9.57. The Bertz CT molecular complexity index is 299. The van der Waals surface area contributed by atoms with Crippen LogP contribution < -0.4 is 0 Å². The third kappa shape index (κ3) is 2.38. The molecule has 0 heterocycles. The summed E-state index contributed by atoms with van der Waals surface area (Å²) in [6, 6.07) is 5.68. The highest BCUT2D eigenvalue weighted by atomic mass is 35.5. The molecule has 13 heavy (non-hydrogen) atoms. The number of phenolic OH excluding ortho intramolecular Hbond substituents is 1. The lowest BCUT2D eigenvalue weighted by atomic mass is 9.86. The molecule has 1 nitrogen and oxygen atoms in total. The van der Waals surface area contributed by atoms with Gasteiger partial charge in [0.2, 0.25) is 0 Å². The minimum absolute atomic E-state index is 0.0717. The molecule has 1 aromatic carbocycles. The van der Waals surface area contributed by atoms with Crippen molar-refractivity contribution in [2.75, 3.05) is 0 Å². The molecule has 0 atom stereocenters. The molecule has 0 spiro atoms. The van der Waals surface area contributed by atoms with Crippen molar-refractivity contribution < 1.29 is 5.11 Å². The van der Waals surface area contributed by atoms with Crippen LogP contribution in [0.1, 0.15) is 31.9 Å². The van der Waals surface area contributed by atoms with Gasteiger partial charge in [-0.15, -0.1) is 11.6 Å². The summed E-state index contributed by atoms with van der Waals surface area (Å²) in [7, 11) is 0. The molecule has 0 radical (unpaired) electrons. The third-order valence-corrected chi connectivity index (χ3v) is 2.38. The van der Waals surface area contributed by atoms with Crippen molar-refractivity contribution >= 4 is 11.6 Å². The van der Waals surface area contributed by atoms with Gasteiger partial charge in [0.1, 0.15) is 5.75 Å². The summed E-state index contributed by atoms with van der Waals surface area (Å²) in [6.07, 6.45) is 0. The number of alkyl halides is 1. The second-order valence-electron chi connectivity index (χ2n) is 4.23. The molecule has 0 aliphatic heterocycles. The number of aromatic hydroxyl groups is 1. The van der Waals surface area contributed by atoms with E-state index in [0.717, 1.165) is 11.1 Å². The minimum atomic E-state index is 0.0717. The number of benzene rings is 1. The van der Waals surface area contributed by atoms with E-state index < -0.39 is 0 Å². The average molecular weight is 199 g/mol. The quantitative estimate of drug-likeness (QED) is 0.686. The molecule has 0 aliphatic carbocycles. The van der Waals surface area contributed by atoms with Crippen LogP contribution in [-0.2, 0) is 11.3 Å². The van der Waals surface area contributed by atoms with Gasteiger partial charge >= 0.3 is 0 Å². The van der Waals surface area contributed by atoms with Crippen molar-refractivity contribution in [1.82, 2.24) is 0 Å². The normalized spacial score (nSPS) is 11.7. The van der Waals surface area contributed by atoms with E-state index in [9.17, 15) is 5.11 Å². The van der Waals surface area contributed by atoms with E-state index >= 15 is 0 Å². The molecular weight excluding hydrogens is 184 g/mol. The molecule has 0 fully saturated rings. The fourth-order valence-corrected chi connectivity index (χ4v) is 1.37. The Balaban J connectivity index is 3.10. The van der Waals surface area contributed by atoms with Gasteiger partial charge in [-0.05, 0) is 17.0 Å². The summed E-state index contributed by atoms with van der Waals surface area (Å²) in [5, 5.41) is 9.57. The molecule has 0 amide bonds. The van der Waals surface area contributed by atoms with Crippen LogP contribution in [0.15, 0.2) is 18.2 Å². The Hall–Kier alpha value is -0.690. The van der Waals surface area contributed by atoms with E-state index in [-0.39, 0.29) is 5.41 Å². The predicted octanol–water partition coefficient (Wildman–Crippen LogP) is 3.43. The lowest BCUT2D eigenvalue weighted by Gasteiger charge is -2.19. The number of hydrogen-bond acceptors (Lipinski definition) is 1. The van der Waals surface area contributed by atoms with Gasteiger partial charge in [-0.2, -0.15) is 0 Å². The van der Waals surface area contributed by atoms with Crippen LogP contribution in [-0.4, -0.2) is 5.11 Å². The zero-order valence-electron chi connectivity index (χ0n) is 8.26. The Kier molecular flexibility index (Phi) is 2.87. The molecule has 2 heteroatoms. The van der Waals surface area contributed by atoms with Gasteiger partial charge in [-0.25, -0.2) is 0 Å². The highest BCUT2D eigenvalue weighted by Crippen LogP contribution is 2.28. The maximum atomic E-state index is 9.57. The van der Waals surface area contributed by atoms with Gasteiger partial charge in [0.25, 0.3) is 0 Å². The van der Waals surface area contributed by atoms with Crippen LogP contribution in [0.5, 0.6) is 5.75 Å². The van der Waals surface area contributed by atoms with Crippen molar-refractivity contribution in [2.45, 2.75) is 32.1 Å². The van der Waals surface area contributed by atoms with Crippen LogP contribution in [0.25, 0.3) is 0 Å². The monoisotopic (exact) mass is 198 g/mol. The maximum Gasteiger partial charge on any atom is 0.120 e. The Labute approximate surface area is 84.4 Å². The second-order valence-corrected chi connectivity index (χ2v) is 4.49. The molecule has 0 unspecified atom stereocenters. The molecule has 0 saturated carbocycles. The van der Waals surface area contributed by atoms with Gasteiger partial charge in [0.05, 0.1) is 5.88 Å². The van der Waals surface area contributed by atoms with Gasteiger partial charge in [-0.1, -0.05) is 32.9 Å².